The van der Waals surface area contributed by atoms with Gasteiger partial charge in [-0.25, -0.2) is 0 Å². The summed E-state index contributed by atoms with van der Waals surface area (Å²) in [6.07, 6.45) is 0. The van der Waals surface area contributed by atoms with Crippen molar-refractivity contribution >= 4 is 51.4 Å². The van der Waals surface area contributed by atoms with Crippen LogP contribution in [0.5, 0.6) is 0 Å². The molecule has 0 fully saturated rings. The van der Waals surface area contributed by atoms with Gasteiger partial charge in [0.15, 0.2) is 5.01 Å². The van der Waals surface area contributed by atoms with Crippen molar-refractivity contribution in [2.75, 3.05) is 11.1 Å². The molecule has 0 saturated heterocycles. The van der Waals surface area contributed by atoms with Crippen LogP contribution >= 0.6 is 34.7 Å². The van der Waals surface area contributed by atoms with Gasteiger partial charge in [0.25, 0.3) is 5.69 Å². The lowest BCUT2D eigenvalue weighted by atomic mass is 10.2. The summed E-state index contributed by atoms with van der Waals surface area (Å²) in [5.74, 6) is -0.0889. The first-order chi connectivity index (χ1) is 12.5. The van der Waals surface area contributed by atoms with Gasteiger partial charge < -0.3 is 0 Å². The summed E-state index contributed by atoms with van der Waals surface area (Å²) >= 11 is 8.64. The monoisotopic (exact) mass is 406 g/mol. The molecule has 0 radical (unpaired) electrons. The van der Waals surface area contributed by atoms with Crippen LogP contribution in [0.3, 0.4) is 0 Å². The molecular weight excluding hydrogens is 396 g/mol. The normalized spacial score (nSPS) is 10.5. The predicted octanol–water partition coefficient (Wildman–Crippen LogP) is 4.50. The first-order valence-electron chi connectivity index (χ1n) is 7.28. The van der Waals surface area contributed by atoms with Crippen molar-refractivity contribution in [2.45, 2.75) is 4.90 Å². The average Bonchev–Trinajstić information content (AvgIpc) is 3.09. The van der Waals surface area contributed by atoms with Crippen LogP contribution < -0.4 is 5.32 Å². The van der Waals surface area contributed by atoms with E-state index in [9.17, 15) is 14.9 Å². The molecule has 0 saturated carbocycles. The molecule has 1 heterocycles. The largest absolute Gasteiger partial charge is 0.300 e. The van der Waals surface area contributed by atoms with E-state index in [1.54, 1.807) is 18.2 Å². The number of rotatable bonds is 6. The molecule has 3 rings (SSSR count). The fourth-order valence-electron chi connectivity index (χ4n) is 1.99. The number of nitro groups is 1. The van der Waals surface area contributed by atoms with Gasteiger partial charge >= 0.3 is 0 Å². The molecule has 1 N–H and O–H groups in total. The first kappa shape index (κ1) is 18.3. The molecule has 0 aliphatic heterocycles. The Hall–Kier alpha value is -2.49. The first-order valence-corrected chi connectivity index (χ1v) is 9.46. The third-order valence-corrected chi connectivity index (χ3v) is 5.41. The van der Waals surface area contributed by atoms with Gasteiger partial charge in [-0.3, -0.25) is 20.2 Å². The van der Waals surface area contributed by atoms with Gasteiger partial charge in [-0.1, -0.05) is 41.1 Å². The quantitative estimate of drug-likeness (QED) is 0.367. The second-order valence-corrected chi connectivity index (χ2v) is 7.41. The van der Waals surface area contributed by atoms with Crippen molar-refractivity contribution in [2.24, 2.45) is 0 Å². The Kier molecular flexibility index (Phi) is 5.82. The van der Waals surface area contributed by atoms with E-state index in [1.807, 2.05) is 18.2 Å². The van der Waals surface area contributed by atoms with Crippen molar-refractivity contribution in [1.82, 2.24) is 10.2 Å². The minimum atomic E-state index is -0.465. The molecule has 1 amide bonds. The van der Waals surface area contributed by atoms with Gasteiger partial charge in [-0.05, 0) is 18.2 Å². The zero-order valence-electron chi connectivity index (χ0n) is 13.1. The molecule has 0 spiro atoms. The summed E-state index contributed by atoms with van der Waals surface area (Å²) in [6, 6.07) is 13.3. The summed E-state index contributed by atoms with van der Waals surface area (Å²) in [5, 5.41) is 22.9. The van der Waals surface area contributed by atoms with Crippen molar-refractivity contribution in [3.05, 3.63) is 63.7 Å². The van der Waals surface area contributed by atoms with E-state index in [2.05, 4.69) is 15.5 Å². The van der Waals surface area contributed by atoms with Gasteiger partial charge in [0.1, 0.15) is 0 Å². The Labute approximate surface area is 161 Å². The van der Waals surface area contributed by atoms with Crippen LogP contribution in [-0.2, 0) is 4.79 Å². The zero-order valence-corrected chi connectivity index (χ0v) is 15.5. The highest BCUT2D eigenvalue weighted by molar-refractivity contribution is 8.00. The summed E-state index contributed by atoms with van der Waals surface area (Å²) in [5.41, 5.74) is 0.771. The van der Waals surface area contributed by atoms with Crippen LogP contribution in [0.2, 0.25) is 5.02 Å². The topological polar surface area (TPSA) is 98.0 Å². The third-order valence-electron chi connectivity index (χ3n) is 3.19. The van der Waals surface area contributed by atoms with Gasteiger partial charge in [0.05, 0.1) is 15.7 Å². The number of thioether (sulfide) groups is 1. The van der Waals surface area contributed by atoms with E-state index in [0.717, 1.165) is 10.5 Å². The fourth-order valence-corrected chi connectivity index (χ4v) is 3.76. The smallest absolute Gasteiger partial charge is 0.269 e. The van der Waals surface area contributed by atoms with E-state index in [4.69, 9.17) is 11.6 Å². The Morgan fingerprint density at radius 3 is 2.62 bits per heavy atom. The maximum atomic E-state index is 12.0. The number of hydrogen-bond donors (Lipinski definition) is 1. The molecule has 1 aromatic heterocycles. The molecular formula is C16H11ClN4O3S2. The zero-order chi connectivity index (χ0) is 18.5. The molecule has 0 aliphatic rings. The van der Waals surface area contributed by atoms with Gasteiger partial charge in [0, 0.05) is 22.6 Å². The number of carbonyl (C=O) groups excluding carboxylic acids is 1. The van der Waals surface area contributed by atoms with Crippen molar-refractivity contribution in [1.29, 1.82) is 0 Å². The number of halogens is 1. The van der Waals surface area contributed by atoms with E-state index >= 15 is 0 Å². The number of nitrogens with one attached hydrogen (secondary N) is 1. The van der Waals surface area contributed by atoms with Crippen LogP contribution in [0.15, 0.2) is 53.4 Å². The van der Waals surface area contributed by atoms with Crippen LogP contribution in [0, 0.1) is 10.1 Å². The number of nitrogens with zero attached hydrogens (tertiary/aromatic N) is 3. The standard InChI is InChI=1S/C16H11ClN4O3S2/c17-13-4-2-1-3-12(13)15-19-20-16(26-15)18-14(22)9-25-11-7-5-10(6-8-11)21(23)24/h1-8H,9H2,(H,18,20,22). The maximum absolute atomic E-state index is 12.0. The number of benzene rings is 2. The molecule has 132 valence electrons. The van der Waals surface area contributed by atoms with Gasteiger partial charge in [0.2, 0.25) is 11.0 Å². The minimum Gasteiger partial charge on any atom is -0.300 e. The van der Waals surface area contributed by atoms with Crippen LogP contribution in [0.25, 0.3) is 10.6 Å². The SMILES string of the molecule is O=C(CSc1ccc([N+](=O)[O-])cc1)Nc1nnc(-c2ccccc2Cl)s1. The molecule has 0 unspecified atom stereocenters. The summed E-state index contributed by atoms with van der Waals surface area (Å²) in [4.78, 5) is 23.0. The van der Waals surface area contributed by atoms with Crippen molar-refractivity contribution in [3.8, 4) is 10.6 Å². The number of amides is 1. The Morgan fingerprint density at radius 1 is 1.19 bits per heavy atom. The predicted molar refractivity (Wildman–Crippen MR) is 103 cm³/mol. The number of carbonyl (C=O) groups is 1. The fraction of sp³-hybridized carbons (Fsp3) is 0.0625. The molecule has 0 aliphatic carbocycles. The van der Waals surface area contributed by atoms with Crippen molar-refractivity contribution < 1.29 is 9.72 Å². The number of anilines is 1. The van der Waals surface area contributed by atoms with Crippen molar-refractivity contribution in [3.63, 3.8) is 0 Å². The second-order valence-electron chi connectivity index (χ2n) is 4.98. The van der Waals surface area contributed by atoms with E-state index < -0.39 is 4.92 Å². The molecule has 3 aromatic rings. The summed E-state index contributed by atoms with van der Waals surface area (Å²) < 4.78 is 0. The van der Waals surface area contributed by atoms with E-state index in [1.165, 1.54) is 35.2 Å². The Bertz CT molecular complexity index is 947. The molecule has 2 aromatic carbocycles. The highest BCUT2D eigenvalue weighted by Gasteiger charge is 2.12. The third kappa shape index (κ3) is 4.57. The molecule has 26 heavy (non-hydrogen) atoms. The molecule has 0 bridgehead atoms. The van der Waals surface area contributed by atoms with Gasteiger partial charge in [-0.15, -0.1) is 22.0 Å². The Morgan fingerprint density at radius 2 is 1.92 bits per heavy atom. The van der Waals surface area contributed by atoms with E-state index in [0.29, 0.717) is 15.2 Å². The molecule has 7 nitrogen and oxygen atoms in total. The number of aromatic nitrogens is 2. The average molecular weight is 407 g/mol. The highest BCUT2D eigenvalue weighted by Crippen LogP contribution is 2.31. The lowest BCUT2D eigenvalue weighted by Gasteiger charge is -2.01. The second kappa shape index (κ2) is 8.26. The minimum absolute atomic E-state index is 0.0137. The van der Waals surface area contributed by atoms with Gasteiger partial charge in [-0.2, -0.15) is 0 Å². The maximum Gasteiger partial charge on any atom is 0.269 e. The highest BCUT2D eigenvalue weighted by atomic mass is 35.5. The van der Waals surface area contributed by atoms with Crippen LogP contribution in [0.1, 0.15) is 0 Å². The number of nitro benzene ring substituents is 1. The Balaban J connectivity index is 1.57. The molecule has 10 heteroatoms. The van der Waals surface area contributed by atoms with Crippen LogP contribution in [-0.4, -0.2) is 26.8 Å². The van der Waals surface area contributed by atoms with Crippen LogP contribution in [0.4, 0.5) is 10.8 Å². The number of non-ortho nitro benzene ring substituents is 1. The lowest BCUT2D eigenvalue weighted by Crippen LogP contribution is -2.13. The number of hydrogen-bond acceptors (Lipinski definition) is 7. The lowest BCUT2D eigenvalue weighted by molar-refractivity contribution is -0.384. The summed E-state index contributed by atoms with van der Waals surface area (Å²) in [7, 11) is 0. The molecule has 0 atom stereocenters. The summed E-state index contributed by atoms with van der Waals surface area (Å²) in [6.45, 7) is 0. The van der Waals surface area contributed by atoms with E-state index in [-0.39, 0.29) is 17.3 Å².